The Morgan fingerprint density at radius 3 is 2.56 bits per heavy atom. The van der Waals surface area contributed by atoms with Crippen LogP contribution in [0.15, 0.2) is 46.9 Å². The topological polar surface area (TPSA) is 38.0 Å². The van der Waals surface area contributed by atoms with E-state index in [0.29, 0.717) is 11.4 Å². The number of nitrogen functional groups attached to an aromatic ring is 1. The Hall–Kier alpha value is -1.55. The molecule has 0 fully saturated rings. The third-order valence-corrected chi connectivity index (χ3v) is 2.85. The van der Waals surface area contributed by atoms with E-state index >= 15 is 0 Å². The maximum absolute atomic E-state index is 13.0. The molecule has 0 heterocycles. The van der Waals surface area contributed by atoms with Gasteiger partial charge in [-0.2, -0.15) is 0 Å². The number of benzene rings is 2. The van der Waals surface area contributed by atoms with Crippen molar-refractivity contribution in [1.29, 1.82) is 0 Å². The van der Waals surface area contributed by atoms with Crippen LogP contribution < -0.4 is 11.1 Å². The van der Waals surface area contributed by atoms with E-state index in [-0.39, 0.29) is 5.82 Å². The molecule has 0 atom stereocenters. The first kappa shape index (κ1) is 11.0. The largest absolute Gasteiger partial charge is 0.397 e. The van der Waals surface area contributed by atoms with Crippen molar-refractivity contribution in [3.63, 3.8) is 0 Å². The lowest BCUT2D eigenvalue weighted by Gasteiger charge is -2.10. The first-order chi connectivity index (χ1) is 7.66. The Labute approximate surface area is 101 Å². The monoisotopic (exact) mass is 280 g/mol. The van der Waals surface area contributed by atoms with Gasteiger partial charge in [-0.1, -0.05) is 12.1 Å². The van der Waals surface area contributed by atoms with Crippen LogP contribution in [-0.2, 0) is 0 Å². The molecule has 0 saturated carbocycles. The van der Waals surface area contributed by atoms with Gasteiger partial charge in [-0.3, -0.25) is 0 Å². The standard InChI is InChI=1S/C12H10BrFN2/c13-9-3-1-2-4-11(9)16-12-7-8(14)5-6-10(12)15/h1-7,16H,15H2. The highest BCUT2D eigenvalue weighted by molar-refractivity contribution is 9.10. The number of rotatable bonds is 2. The normalized spacial score (nSPS) is 10.1. The first-order valence-corrected chi connectivity index (χ1v) is 5.53. The molecule has 0 unspecified atom stereocenters. The van der Waals surface area contributed by atoms with Crippen molar-refractivity contribution in [2.45, 2.75) is 0 Å². The maximum Gasteiger partial charge on any atom is 0.125 e. The summed E-state index contributed by atoms with van der Waals surface area (Å²) in [5.41, 5.74) is 7.66. The van der Waals surface area contributed by atoms with Crippen molar-refractivity contribution in [1.82, 2.24) is 0 Å². The van der Waals surface area contributed by atoms with Gasteiger partial charge < -0.3 is 11.1 Å². The van der Waals surface area contributed by atoms with Gasteiger partial charge in [0.25, 0.3) is 0 Å². The second-order valence-corrected chi connectivity index (χ2v) is 4.19. The Balaban J connectivity index is 2.34. The lowest BCUT2D eigenvalue weighted by Crippen LogP contribution is -1.97. The van der Waals surface area contributed by atoms with Crippen molar-refractivity contribution < 1.29 is 4.39 Å². The van der Waals surface area contributed by atoms with Crippen LogP contribution >= 0.6 is 15.9 Å². The molecular weight excluding hydrogens is 271 g/mol. The summed E-state index contributed by atoms with van der Waals surface area (Å²) < 4.78 is 13.9. The SMILES string of the molecule is Nc1ccc(F)cc1Nc1ccccc1Br. The minimum Gasteiger partial charge on any atom is -0.397 e. The van der Waals surface area contributed by atoms with Gasteiger partial charge >= 0.3 is 0 Å². The lowest BCUT2D eigenvalue weighted by atomic mass is 10.2. The molecule has 0 amide bonds. The molecule has 2 rings (SSSR count). The zero-order chi connectivity index (χ0) is 11.5. The van der Waals surface area contributed by atoms with Gasteiger partial charge in [-0.05, 0) is 46.3 Å². The Bertz CT molecular complexity index is 514. The minimum absolute atomic E-state index is 0.316. The molecule has 0 aromatic heterocycles. The summed E-state index contributed by atoms with van der Waals surface area (Å²) in [7, 11) is 0. The van der Waals surface area contributed by atoms with E-state index in [1.165, 1.54) is 18.2 Å². The second kappa shape index (κ2) is 4.53. The molecule has 4 heteroatoms. The van der Waals surface area contributed by atoms with E-state index in [9.17, 15) is 4.39 Å². The van der Waals surface area contributed by atoms with E-state index < -0.39 is 0 Å². The molecule has 0 aliphatic rings. The zero-order valence-electron chi connectivity index (χ0n) is 8.37. The highest BCUT2D eigenvalue weighted by Gasteiger charge is 2.03. The molecule has 2 nitrogen and oxygen atoms in total. The van der Waals surface area contributed by atoms with Crippen molar-refractivity contribution in [2.75, 3.05) is 11.1 Å². The highest BCUT2D eigenvalue weighted by Crippen LogP contribution is 2.28. The fraction of sp³-hybridized carbons (Fsp3) is 0. The van der Waals surface area contributed by atoms with E-state index in [1.54, 1.807) is 0 Å². The minimum atomic E-state index is -0.316. The molecule has 0 aliphatic heterocycles. The fourth-order valence-corrected chi connectivity index (χ4v) is 1.73. The zero-order valence-corrected chi connectivity index (χ0v) is 9.96. The third kappa shape index (κ3) is 2.33. The van der Waals surface area contributed by atoms with Crippen LogP contribution in [0.25, 0.3) is 0 Å². The number of hydrogen-bond acceptors (Lipinski definition) is 2. The summed E-state index contributed by atoms with van der Waals surface area (Å²) in [6, 6.07) is 11.8. The molecule has 16 heavy (non-hydrogen) atoms. The molecule has 0 spiro atoms. The summed E-state index contributed by atoms with van der Waals surface area (Å²) in [5.74, 6) is -0.316. The molecule has 2 aromatic rings. The van der Waals surface area contributed by atoms with E-state index in [0.717, 1.165) is 10.2 Å². The molecule has 2 aromatic carbocycles. The first-order valence-electron chi connectivity index (χ1n) is 4.73. The summed E-state index contributed by atoms with van der Waals surface area (Å²) in [6.45, 7) is 0. The van der Waals surface area contributed by atoms with Gasteiger partial charge in [0.2, 0.25) is 0 Å². The van der Waals surface area contributed by atoms with Crippen molar-refractivity contribution in [3.8, 4) is 0 Å². The van der Waals surface area contributed by atoms with Gasteiger partial charge in [0.05, 0.1) is 17.1 Å². The summed E-state index contributed by atoms with van der Waals surface area (Å²) in [6.07, 6.45) is 0. The number of halogens is 2. The molecule has 0 radical (unpaired) electrons. The average molecular weight is 281 g/mol. The number of nitrogens with two attached hydrogens (primary N) is 1. The number of para-hydroxylation sites is 1. The predicted molar refractivity (Wildman–Crippen MR) is 68.2 cm³/mol. The van der Waals surface area contributed by atoms with E-state index in [4.69, 9.17) is 5.73 Å². The van der Waals surface area contributed by atoms with Crippen LogP contribution in [-0.4, -0.2) is 0 Å². The Morgan fingerprint density at radius 2 is 1.81 bits per heavy atom. The van der Waals surface area contributed by atoms with Gasteiger partial charge in [-0.25, -0.2) is 4.39 Å². The summed E-state index contributed by atoms with van der Waals surface area (Å²) in [4.78, 5) is 0. The molecule has 0 aliphatic carbocycles. The van der Waals surface area contributed by atoms with Gasteiger partial charge in [0.15, 0.2) is 0 Å². The smallest absolute Gasteiger partial charge is 0.125 e. The fourth-order valence-electron chi connectivity index (χ4n) is 1.34. The number of hydrogen-bond donors (Lipinski definition) is 2. The Kier molecular flexibility index (Phi) is 3.10. The molecule has 0 bridgehead atoms. The molecule has 3 N–H and O–H groups in total. The summed E-state index contributed by atoms with van der Waals surface area (Å²) in [5, 5.41) is 3.07. The molecule has 82 valence electrons. The summed E-state index contributed by atoms with van der Waals surface area (Å²) >= 11 is 3.40. The highest BCUT2D eigenvalue weighted by atomic mass is 79.9. The van der Waals surface area contributed by atoms with Crippen molar-refractivity contribution in [3.05, 3.63) is 52.8 Å². The van der Waals surface area contributed by atoms with Crippen LogP contribution in [0.1, 0.15) is 0 Å². The quantitative estimate of drug-likeness (QED) is 0.819. The van der Waals surface area contributed by atoms with Crippen LogP contribution in [0.5, 0.6) is 0 Å². The second-order valence-electron chi connectivity index (χ2n) is 3.34. The molecule has 0 saturated heterocycles. The van der Waals surface area contributed by atoms with Gasteiger partial charge in [0, 0.05) is 4.47 Å². The third-order valence-electron chi connectivity index (χ3n) is 2.16. The lowest BCUT2D eigenvalue weighted by molar-refractivity contribution is 0.628. The maximum atomic E-state index is 13.0. The molecular formula is C12H10BrFN2. The van der Waals surface area contributed by atoms with E-state index in [2.05, 4.69) is 21.2 Å². The van der Waals surface area contributed by atoms with Crippen LogP contribution in [0.3, 0.4) is 0 Å². The van der Waals surface area contributed by atoms with Gasteiger partial charge in [0.1, 0.15) is 5.82 Å². The Morgan fingerprint density at radius 1 is 1.06 bits per heavy atom. The van der Waals surface area contributed by atoms with Crippen LogP contribution in [0, 0.1) is 5.82 Å². The van der Waals surface area contributed by atoms with Crippen LogP contribution in [0.4, 0.5) is 21.5 Å². The van der Waals surface area contributed by atoms with Crippen molar-refractivity contribution >= 4 is 33.0 Å². The van der Waals surface area contributed by atoms with E-state index in [1.807, 2.05) is 24.3 Å². The predicted octanol–water partition coefficient (Wildman–Crippen LogP) is 3.91. The number of nitrogens with one attached hydrogen (secondary N) is 1. The van der Waals surface area contributed by atoms with Crippen molar-refractivity contribution in [2.24, 2.45) is 0 Å². The average Bonchev–Trinajstić information content (AvgIpc) is 2.27. The van der Waals surface area contributed by atoms with Crippen LogP contribution in [0.2, 0.25) is 0 Å². The number of anilines is 3. The van der Waals surface area contributed by atoms with Gasteiger partial charge in [-0.15, -0.1) is 0 Å².